The third-order valence-electron chi connectivity index (χ3n) is 2.39. The molecule has 0 heterocycles. The zero-order valence-corrected chi connectivity index (χ0v) is 11.7. The Morgan fingerprint density at radius 3 is 2.78 bits per heavy atom. The first-order chi connectivity index (χ1) is 8.65. The van der Waals surface area contributed by atoms with Gasteiger partial charge in [0.25, 0.3) is 0 Å². The average molecular weight is 268 g/mol. The first-order valence-electron chi connectivity index (χ1n) is 5.92. The summed E-state index contributed by atoms with van der Waals surface area (Å²) >= 11 is 1.65. The number of amides is 1. The number of anilines is 1. The third-order valence-corrected chi connectivity index (χ3v) is 3.46. The van der Waals surface area contributed by atoms with Crippen molar-refractivity contribution in [2.45, 2.75) is 11.3 Å². The van der Waals surface area contributed by atoms with Crippen LogP contribution in [0.2, 0.25) is 0 Å². The summed E-state index contributed by atoms with van der Waals surface area (Å²) in [5.74, 6) is 0.901. The molecule has 18 heavy (non-hydrogen) atoms. The number of carbonyl (C=O) groups is 1. The Morgan fingerprint density at radius 1 is 1.39 bits per heavy atom. The standard InChI is InChI=1S/C13H20N2O2S/c1-15(2)13(17)7-10-18-12-6-4-3-5-11(12)14-8-9-16/h3-6,14,16H,7-10H2,1-2H3. The Labute approximate surface area is 112 Å². The molecule has 0 saturated carbocycles. The summed E-state index contributed by atoms with van der Waals surface area (Å²) in [6, 6.07) is 7.92. The summed E-state index contributed by atoms with van der Waals surface area (Å²) in [5.41, 5.74) is 1.01. The molecule has 0 aliphatic carbocycles. The van der Waals surface area contributed by atoms with Crippen LogP contribution in [-0.4, -0.2) is 48.9 Å². The second-order valence-corrected chi connectivity index (χ2v) is 5.17. The van der Waals surface area contributed by atoms with Crippen molar-refractivity contribution in [1.29, 1.82) is 0 Å². The molecule has 0 unspecified atom stereocenters. The van der Waals surface area contributed by atoms with Gasteiger partial charge in [-0.1, -0.05) is 12.1 Å². The lowest BCUT2D eigenvalue weighted by Gasteiger charge is -2.12. The Morgan fingerprint density at radius 2 is 2.11 bits per heavy atom. The zero-order chi connectivity index (χ0) is 13.4. The molecule has 0 atom stereocenters. The minimum absolute atomic E-state index is 0.109. The van der Waals surface area contributed by atoms with Gasteiger partial charge in [0.2, 0.25) is 5.91 Å². The number of thioether (sulfide) groups is 1. The topological polar surface area (TPSA) is 52.6 Å². The van der Waals surface area contributed by atoms with Crippen molar-refractivity contribution in [3.05, 3.63) is 24.3 Å². The van der Waals surface area contributed by atoms with Crippen molar-refractivity contribution in [2.75, 3.05) is 38.3 Å². The van der Waals surface area contributed by atoms with Crippen LogP contribution in [0.15, 0.2) is 29.2 Å². The van der Waals surface area contributed by atoms with Crippen molar-refractivity contribution >= 4 is 23.4 Å². The fourth-order valence-electron chi connectivity index (χ4n) is 1.40. The van der Waals surface area contributed by atoms with Crippen LogP contribution in [0.1, 0.15) is 6.42 Å². The summed E-state index contributed by atoms with van der Waals surface area (Å²) < 4.78 is 0. The lowest BCUT2D eigenvalue weighted by Crippen LogP contribution is -2.21. The Kier molecular flexibility index (Phi) is 6.60. The quantitative estimate of drug-likeness (QED) is 0.739. The molecule has 1 amide bonds. The largest absolute Gasteiger partial charge is 0.395 e. The predicted octanol–water partition coefficient (Wildman–Crippen LogP) is 1.66. The van der Waals surface area contributed by atoms with E-state index in [0.29, 0.717) is 13.0 Å². The molecule has 4 nitrogen and oxygen atoms in total. The van der Waals surface area contributed by atoms with Crippen molar-refractivity contribution in [3.63, 3.8) is 0 Å². The van der Waals surface area contributed by atoms with Gasteiger partial charge in [0.1, 0.15) is 0 Å². The highest BCUT2D eigenvalue weighted by atomic mass is 32.2. The van der Waals surface area contributed by atoms with E-state index in [4.69, 9.17) is 5.11 Å². The number of carbonyl (C=O) groups excluding carboxylic acids is 1. The lowest BCUT2D eigenvalue weighted by molar-refractivity contribution is -0.128. The monoisotopic (exact) mass is 268 g/mol. The second-order valence-electron chi connectivity index (χ2n) is 4.03. The number of benzene rings is 1. The molecule has 5 heteroatoms. The summed E-state index contributed by atoms with van der Waals surface area (Å²) in [7, 11) is 3.54. The van der Waals surface area contributed by atoms with Crippen LogP contribution in [0.5, 0.6) is 0 Å². The molecule has 0 saturated heterocycles. The zero-order valence-electron chi connectivity index (χ0n) is 10.8. The number of rotatable bonds is 7. The third kappa shape index (κ3) is 4.98. The van der Waals surface area contributed by atoms with Gasteiger partial charge in [-0.15, -0.1) is 11.8 Å². The van der Waals surface area contributed by atoms with E-state index < -0.39 is 0 Å². The molecular formula is C13H20N2O2S. The highest BCUT2D eigenvalue weighted by Gasteiger charge is 2.06. The molecule has 2 N–H and O–H groups in total. The van der Waals surface area contributed by atoms with Crippen LogP contribution in [-0.2, 0) is 4.79 Å². The molecule has 0 radical (unpaired) electrons. The van der Waals surface area contributed by atoms with E-state index in [-0.39, 0.29) is 12.5 Å². The molecule has 100 valence electrons. The van der Waals surface area contributed by atoms with Crippen LogP contribution >= 0.6 is 11.8 Å². The Hall–Kier alpha value is -1.20. The maximum atomic E-state index is 11.5. The van der Waals surface area contributed by atoms with Crippen LogP contribution in [0.3, 0.4) is 0 Å². The van der Waals surface area contributed by atoms with E-state index >= 15 is 0 Å². The molecule has 1 aromatic carbocycles. The lowest BCUT2D eigenvalue weighted by atomic mass is 10.3. The van der Waals surface area contributed by atoms with Crippen LogP contribution in [0, 0.1) is 0 Å². The number of aliphatic hydroxyl groups is 1. The van der Waals surface area contributed by atoms with Crippen LogP contribution < -0.4 is 5.32 Å². The van der Waals surface area contributed by atoms with Gasteiger partial charge in [-0.3, -0.25) is 4.79 Å². The Balaban J connectivity index is 2.48. The average Bonchev–Trinajstić information content (AvgIpc) is 2.37. The van der Waals surface area contributed by atoms with E-state index in [0.717, 1.165) is 16.3 Å². The van der Waals surface area contributed by atoms with Crippen molar-refractivity contribution in [3.8, 4) is 0 Å². The van der Waals surface area contributed by atoms with Gasteiger partial charge in [-0.2, -0.15) is 0 Å². The maximum absolute atomic E-state index is 11.5. The van der Waals surface area contributed by atoms with Gasteiger partial charge in [0.15, 0.2) is 0 Å². The number of aliphatic hydroxyl groups excluding tert-OH is 1. The van der Waals surface area contributed by atoms with Crippen molar-refractivity contribution < 1.29 is 9.90 Å². The van der Waals surface area contributed by atoms with Gasteiger partial charge in [0.05, 0.1) is 6.61 Å². The normalized spacial score (nSPS) is 10.2. The minimum Gasteiger partial charge on any atom is -0.395 e. The number of para-hydroxylation sites is 1. The van der Waals surface area contributed by atoms with Gasteiger partial charge >= 0.3 is 0 Å². The van der Waals surface area contributed by atoms with E-state index in [1.807, 2.05) is 24.3 Å². The fourth-order valence-corrected chi connectivity index (χ4v) is 2.37. The van der Waals surface area contributed by atoms with Gasteiger partial charge in [-0.25, -0.2) is 0 Å². The summed E-state index contributed by atoms with van der Waals surface area (Å²) in [6.07, 6.45) is 0.534. The van der Waals surface area contributed by atoms with Gasteiger partial charge in [-0.05, 0) is 12.1 Å². The molecule has 0 fully saturated rings. The highest BCUT2D eigenvalue weighted by Crippen LogP contribution is 2.27. The first-order valence-corrected chi connectivity index (χ1v) is 6.90. The van der Waals surface area contributed by atoms with E-state index in [2.05, 4.69) is 5.32 Å². The van der Waals surface area contributed by atoms with Crippen molar-refractivity contribution in [2.24, 2.45) is 0 Å². The van der Waals surface area contributed by atoms with Crippen LogP contribution in [0.4, 0.5) is 5.69 Å². The van der Waals surface area contributed by atoms with E-state index in [1.165, 1.54) is 0 Å². The molecule has 1 aromatic rings. The molecular weight excluding hydrogens is 248 g/mol. The molecule has 1 rings (SSSR count). The number of nitrogens with one attached hydrogen (secondary N) is 1. The molecule has 0 bridgehead atoms. The van der Waals surface area contributed by atoms with E-state index in [9.17, 15) is 4.79 Å². The maximum Gasteiger partial charge on any atom is 0.222 e. The summed E-state index contributed by atoms with van der Waals surface area (Å²) in [6.45, 7) is 0.645. The minimum atomic E-state index is 0.109. The molecule has 0 spiro atoms. The smallest absolute Gasteiger partial charge is 0.222 e. The number of hydrogen-bond acceptors (Lipinski definition) is 4. The van der Waals surface area contributed by atoms with Gasteiger partial charge < -0.3 is 15.3 Å². The summed E-state index contributed by atoms with van der Waals surface area (Å²) in [4.78, 5) is 14.2. The fraction of sp³-hybridized carbons (Fsp3) is 0.462. The molecule has 0 aromatic heterocycles. The van der Waals surface area contributed by atoms with Crippen molar-refractivity contribution in [1.82, 2.24) is 4.90 Å². The first kappa shape index (κ1) is 14.9. The Bertz CT molecular complexity index is 383. The second kappa shape index (κ2) is 8.00. The molecule has 0 aliphatic heterocycles. The van der Waals surface area contributed by atoms with Crippen LogP contribution in [0.25, 0.3) is 0 Å². The van der Waals surface area contributed by atoms with E-state index in [1.54, 1.807) is 30.8 Å². The molecule has 0 aliphatic rings. The SMILES string of the molecule is CN(C)C(=O)CCSc1ccccc1NCCO. The number of nitrogens with zero attached hydrogens (tertiary/aromatic N) is 1. The van der Waals surface area contributed by atoms with Gasteiger partial charge in [0, 0.05) is 43.4 Å². The number of hydrogen-bond donors (Lipinski definition) is 2. The predicted molar refractivity (Wildman–Crippen MR) is 76.1 cm³/mol. The highest BCUT2D eigenvalue weighted by molar-refractivity contribution is 7.99. The summed E-state index contributed by atoms with van der Waals surface area (Å²) in [5, 5.41) is 12.0.